The van der Waals surface area contributed by atoms with Crippen LogP contribution in [0.2, 0.25) is 0 Å². The molecule has 5 heteroatoms. The topological polar surface area (TPSA) is 13.1 Å². The van der Waals surface area contributed by atoms with Gasteiger partial charge >= 0.3 is 0 Å². The van der Waals surface area contributed by atoms with Crippen molar-refractivity contribution in [2.75, 3.05) is 4.90 Å². The number of aromatic nitrogens is 2. The Morgan fingerprint density at radius 2 is 0.707 bits per heavy atom. The van der Waals surface area contributed by atoms with Gasteiger partial charge in [0.15, 0.2) is 0 Å². The van der Waals surface area contributed by atoms with Crippen LogP contribution >= 0.6 is 11.8 Å². The van der Waals surface area contributed by atoms with Crippen molar-refractivity contribution in [3.63, 3.8) is 0 Å². The van der Waals surface area contributed by atoms with Gasteiger partial charge in [-0.05, 0) is 178 Å². The maximum atomic E-state index is 2.71. The fourth-order valence-corrected chi connectivity index (χ4v) is 17.8. The third-order valence-corrected chi connectivity index (χ3v) is 22.4. The van der Waals surface area contributed by atoms with Crippen molar-refractivity contribution in [1.29, 1.82) is 0 Å². The van der Waals surface area contributed by atoms with E-state index in [-0.39, 0.29) is 17.5 Å². The largest absolute Gasteiger partial charge is 0.310 e. The third kappa shape index (κ3) is 9.42. The molecule has 0 saturated heterocycles. The summed E-state index contributed by atoms with van der Waals surface area (Å²) in [7, 11) is 0. The average Bonchev–Trinajstić information content (AvgIpc) is 1.41. The van der Waals surface area contributed by atoms with E-state index in [1.807, 2.05) is 11.8 Å². The van der Waals surface area contributed by atoms with Crippen molar-refractivity contribution < 1.29 is 0 Å². The molecule has 17 aromatic rings. The van der Waals surface area contributed by atoms with Crippen LogP contribution in [0.15, 0.2) is 325 Å². The smallest absolute Gasteiger partial charge is 0.249 e. The van der Waals surface area contributed by atoms with E-state index in [1.54, 1.807) is 0 Å². The van der Waals surface area contributed by atoms with Gasteiger partial charge in [-0.1, -0.05) is 295 Å². The van der Waals surface area contributed by atoms with Crippen LogP contribution in [0.1, 0.15) is 52.7 Å². The minimum absolute atomic E-state index is 0.0178. The van der Waals surface area contributed by atoms with Gasteiger partial charge < -0.3 is 14.0 Å². The summed E-state index contributed by atoms with van der Waals surface area (Å²) in [5.41, 5.74) is 28.7. The molecule has 0 spiro atoms. The van der Waals surface area contributed by atoms with Crippen LogP contribution in [0.3, 0.4) is 0 Å². The number of hydrogen-bond acceptors (Lipinski definition) is 2. The molecule has 19 rings (SSSR count). The van der Waals surface area contributed by atoms with Crippen molar-refractivity contribution in [2.24, 2.45) is 0 Å². The average molecular weight is 1280 g/mol. The predicted octanol–water partition coefficient (Wildman–Crippen LogP) is 23.9. The molecule has 0 fully saturated rings. The van der Waals surface area contributed by atoms with Crippen molar-refractivity contribution in [2.45, 2.75) is 62.2 Å². The fourth-order valence-electron chi connectivity index (χ4n) is 16.5. The van der Waals surface area contributed by atoms with Crippen LogP contribution in [0, 0.1) is 0 Å². The molecular weight excluding hydrogens is 1210 g/mol. The molecule has 0 amide bonds. The summed E-state index contributed by atoms with van der Waals surface area (Å²) in [5.74, 6) is 0. The lowest BCUT2D eigenvalue weighted by molar-refractivity contribution is 0.590. The number of rotatable bonds is 8. The quantitative estimate of drug-likeness (QED) is 0.111. The second-order valence-electron chi connectivity index (χ2n) is 29.1. The molecule has 0 bridgehead atoms. The Morgan fingerprint density at radius 1 is 0.283 bits per heavy atom. The first-order chi connectivity index (χ1) is 48.4. The molecule has 0 saturated carbocycles. The van der Waals surface area contributed by atoms with E-state index >= 15 is 0 Å². The molecule has 3 nitrogen and oxygen atoms in total. The zero-order valence-electron chi connectivity index (χ0n) is 56.3. The van der Waals surface area contributed by atoms with Gasteiger partial charge in [0.25, 0.3) is 0 Å². The zero-order chi connectivity index (χ0) is 66.4. The Morgan fingerprint density at radius 3 is 1.22 bits per heavy atom. The van der Waals surface area contributed by atoms with Crippen LogP contribution < -0.4 is 21.3 Å². The highest BCUT2D eigenvalue weighted by molar-refractivity contribution is 8.00. The van der Waals surface area contributed by atoms with E-state index < -0.39 is 0 Å². The van der Waals surface area contributed by atoms with Crippen molar-refractivity contribution in [3.05, 3.63) is 327 Å². The summed E-state index contributed by atoms with van der Waals surface area (Å²) in [6.07, 6.45) is 0. The Kier molecular flexibility index (Phi) is 13.5. The first kappa shape index (κ1) is 58.9. The van der Waals surface area contributed by atoms with E-state index in [0.29, 0.717) is 0 Å². The Balaban J connectivity index is 0.944. The van der Waals surface area contributed by atoms with Crippen molar-refractivity contribution in [1.82, 2.24) is 9.13 Å². The van der Waals surface area contributed by atoms with Crippen molar-refractivity contribution >= 4 is 117 Å². The highest BCUT2D eigenvalue weighted by Crippen LogP contribution is 2.54. The molecule has 2 aliphatic rings. The molecule has 0 radical (unpaired) electrons. The van der Waals surface area contributed by atoms with Gasteiger partial charge in [-0.2, -0.15) is 0 Å². The fraction of sp³-hybridized carbons (Fsp3) is 0.0851. The predicted molar refractivity (Wildman–Crippen MR) is 425 cm³/mol. The normalized spacial score (nSPS) is 12.9. The summed E-state index contributed by atoms with van der Waals surface area (Å²) >= 11 is 1.93. The second kappa shape index (κ2) is 22.6. The molecule has 2 aromatic heterocycles. The molecule has 99 heavy (non-hydrogen) atoms. The highest BCUT2D eigenvalue weighted by Gasteiger charge is 2.43. The highest BCUT2D eigenvalue weighted by atomic mass is 32.2. The summed E-state index contributed by atoms with van der Waals surface area (Å²) in [5, 5.41) is 9.93. The number of fused-ring (bicyclic) bond motifs is 12. The zero-order valence-corrected chi connectivity index (χ0v) is 57.2. The molecule has 4 heterocycles. The molecule has 0 atom stereocenters. The van der Waals surface area contributed by atoms with Crippen LogP contribution in [0.5, 0.6) is 0 Å². The van der Waals surface area contributed by atoms with E-state index in [0.717, 1.165) is 61.8 Å². The standard InChI is InChI=1S/C94H70BN3S/c1-93(2,3)65-44-49-83-77(54-65)78-55-66(94(4,5)6)45-50-84(78)96(83)67-46-48-80-87(57-67)99-88-58-68(97-81-41-25-23-35-69(81)70-36-24-26-42-82(70)97)56-86-91(88)95(80)79-47-43-63(90-73-39-21-19-37-71(73)89(62-33-17-10-18-34-62)72-38-20-22-40-74(72)90)53-85(79)98(86)92-75(60-29-13-8-14-30-60)51-64(59-27-11-7-12-28-59)52-76(92)61-31-15-9-16-32-61/h7-58H,1-6H3. The van der Waals surface area contributed by atoms with Crippen LogP contribution in [-0.4, -0.2) is 15.8 Å². The Labute approximate surface area is 583 Å². The Bertz CT molecular complexity index is 5910. The number of hydrogen-bond donors (Lipinski definition) is 0. The van der Waals surface area contributed by atoms with Gasteiger partial charge in [0.05, 0.1) is 27.8 Å². The number of para-hydroxylation sites is 2. The summed E-state index contributed by atoms with van der Waals surface area (Å²) in [6, 6.07) is 120. The molecular formula is C94H70BN3S. The van der Waals surface area contributed by atoms with Gasteiger partial charge in [-0.3, -0.25) is 0 Å². The van der Waals surface area contributed by atoms with E-state index in [4.69, 9.17) is 0 Å². The van der Waals surface area contributed by atoms with Gasteiger partial charge in [-0.25, -0.2) is 0 Å². The monoisotopic (exact) mass is 1280 g/mol. The summed E-state index contributed by atoms with van der Waals surface area (Å²) < 4.78 is 5.07. The lowest BCUT2D eigenvalue weighted by Crippen LogP contribution is -2.60. The lowest BCUT2D eigenvalue weighted by Gasteiger charge is -2.42. The SMILES string of the molecule is CC(C)(C)c1ccc2c(c1)c1cc(C(C)(C)C)ccc1n2-c1ccc2c(c1)Sc1cc(-n3c4ccccc4c4ccccc43)cc3c1B2c1ccc(-c2c4ccccc4c(-c4ccccc4)c4ccccc24)cc1N3c1c(-c2ccccc2)cc(-c2ccccc2)cc1-c1ccccc1. The van der Waals surface area contributed by atoms with Crippen LogP contribution in [0.4, 0.5) is 17.1 Å². The van der Waals surface area contributed by atoms with E-state index in [1.165, 1.54) is 125 Å². The molecule has 2 aliphatic heterocycles. The maximum absolute atomic E-state index is 2.71. The number of anilines is 3. The first-order valence-corrected chi connectivity index (χ1v) is 35.6. The van der Waals surface area contributed by atoms with E-state index in [9.17, 15) is 0 Å². The molecule has 0 aliphatic carbocycles. The van der Waals surface area contributed by atoms with Gasteiger partial charge in [0.1, 0.15) is 0 Å². The second-order valence-corrected chi connectivity index (χ2v) is 30.2. The van der Waals surface area contributed by atoms with E-state index in [2.05, 4.69) is 371 Å². The summed E-state index contributed by atoms with van der Waals surface area (Å²) in [6.45, 7) is 13.8. The maximum Gasteiger partial charge on any atom is 0.249 e. The van der Waals surface area contributed by atoms with Crippen molar-refractivity contribution in [3.8, 4) is 67.0 Å². The van der Waals surface area contributed by atoms with Crippen LogP contribution in [-0.2, 0) is 10.8 Å². The minimum Gasteiger partial charge on any atom is -0.310 e. The molecule has 0 unspecified atom stereocenters. The molecule has 15 aromatic carbocycles. The number of nitrogens with zero attached hydrogens (tertiary/aromatic N) is 3. The molecule has 470 valence electrons. The van der Waals surface area contributed by atoms with Crippen LogP contribution in [0.25, 0.3) is 132 Å². The third-order valence-electron chi connectivity index (χ3n) is 21.2. The minimum atomic E-state index is -0.146. The first-order valence-electron chi connectivity index (χ1n) is 34.8. The lowest BCUT2D eigenvalue weighted by atomic mass is 9.34. The molecule has 0 N–H and O–H groups in total. The Hall–Kier alpha value is -11.4. The van der Waals surface area contributed by atoms with Gasteiger partial charge in [0.2, 0.25) is 6.71 Å². The van der Waals surface area contributed by atoms with Gasteiger partial charge in [-0.15, -0.1) is 0 Å². The number of benzene rings is 15. The van der Waals surface area contributed by atoms with Gasteiger partial charge in [0, 0.05) is 65.2 Å². The summed E-state index contributed by atoms with van der Waals surface area (Å²) in [4.78, 5) is 5.20.